The van der Waals surface area contributed by atoms with E-state index in [0.29, 0.717) is 38.0 Å². The number of amides is 2. The summed E-state index contributed by atoms with van der Waals surface area (Å²) in [5.74, 6) is 0.379. The van der Waals surface area contributed by atoms with Gasteiger partial charge in [0.15, 0.2) is 5.76 Å². The number of ether oxygens (including phenoxy) is 1. The minimum atomic E-state index is -0.720. The number of benzene rings is 1. The summed E-state index contributed by atoms with van der Waals surface area (Å²) < 4.78 is 24.6. The van der Waals surface area contributed by atoms with Crippen LogP contribution in [0.1, 0.15) is 49.1 Å². The largest absolute Gasteiger partial charge is 0.455 e. The van der Waals surface area contributed by atoms with Crippen LogP contribution in [0.25, 0.3) is 0 Å². The van der Waals surface area contributed by atoms with Gasteiger partial charge in [0, 0.05) is 26.2 Å². The zero-order valence-electron chi connectivity index (χ0n) is 19.7. The Kier molecular flexibility index (Phi) is 9.03. The van der Waals surface area contributed by atoms with Gasteiger partial charge in [-0.3, -0.25) is 14.5 Å². The second-order valence-electron chi connectivity index (χ2n) is 8.86. The molecule has 2 heterocycles. The predicted molar refractivity (Wildman–Crippen MR) is 123 cm³/mol. The number of morpholine rings is 1. The number of hydrogen-bond donors (Lipinski definition) is 1. The molecule has 3 rings (SSSR count). The van der Waals surface area contributed by atoms with Gasteiger partial charge < -0.3 is 19.4 Å². The van der Waals surface area contributed by atoms with Crippen molar-refractivity contribution in [3.05, 3.63) is 59.3 Å². The molecule has 2 aromatic rings. The van der Waals surface area contributed by atoms with E-state index in [1.54, 1.807) is 31.2 Å². The molecule has 1 fully saturated rings. The molecule has 1 aromatic carbocycles. The van der Waals surface area contributed by atoms with Crippen LogP contribution in [-0.2, 0) is 22.6 Å². The van der Waals surface area contributed by atoms with E-state index in [-0.39, 0.29) is 29.9 Å². The predicted octanol–water partition coefficient (Wildman–Crippen LogP) is 3.44. The highest BCUT2D eigenvalue weighted by Crippen LogP contribution is 2.18. The molecule has 0 saturated carbocycles. The van der Waals surface area contributed by atoms with Gasteiger partial charge in [-0.2, -0.15) is 0 Å². The molecule has 1 aromatic heterocycles. The second kappa shape index (κ2) is 12.0. The van der Waals surface area contributed by atoms with E-state index in [2.05, 4.69) is 24.1 Å². The van der Waals surface area contributed by atoms with Crippen LogP contribution in [0.5, 0.6) is 0 Å². The number of nitrogens with zero attached hydrogens (tertiary/aromatic N) is 2. The maximum Gasteiger partial charge on any atom is 0.290 e. The van der Waals surface area contributed by atoms with Gasteiger partial charge in [-0.05, 0) is 49.1 Å². The highest BCUT2D eigenvalue weighted by molar-refractivity contribution is 5.95. The van der Waals surface area contributed by atoms with Gasteiger partial charge in [-0.1, -0.05) is 26.0 Å². The highest BCUT2D eigenvalue weighted by Gasteiger charge is 2.29. The molecule has 33 heavy (non-hydrogen) atoms. The van der Waals surface area contributed by atoms with Gasteiger partial charge in [-0.25, -0.2) is 4.39 Å². The topological polar surface area (TPSA) is 75.0 Å². The standard InChI is InChI=1S/C25H34FN3O4/c1-18(2)10-11-27-24(30)19(3)29(16-20-4-6-21(26)7-5-20)25(31)23-9-8-22(33-23)17-28-12-14-32-15-13-28/h4-9,18-19H,10-17H2,1-3H3,(H,27,30)/t19-/m0/s1. The van der Waals surface area contributed by atoms with Crippen LogP contribution in [0, 0.1) is 11.7 Å². The smallest absolute Gasteiger partial charge is 0.290 e. The maximum absolute atomic E-state index is 13.4. The summed E-state index contributed by atoms with van der Waals surface area (Å²) >= 11 is 0. The maximum atomic E-state index is 13.4. The Morgan fingerprint density at radius 1 is 1.09 bits per heavy atom. The molecule has 0 bridgehead atoms. The van der Waals surface area contributed by atoms with E-state index in [1.165, 1.54) is 17.0 Å². The van der Waals surface area contributed by atoms with Gasteiger partial charge in [0.25, 0.3) is 5.91 Å². The number of nitrogens with one attached hydrogen (secondary N) is 1. The van der Waals surface area contributed by atoms with Crippen LogP contribution in [0.15, 0.2) is 40.8 Å². The van der Waals surface area contributed by atoms with Crippen LogP contribution in [0.2, 0.25) is 0 Å². The van der Waals surface area contributed by atoms with Crippen molar-refractivity contribution in [2.24, 2.45) is 5.92 Å². The SMILES string of the molecule is CC(C)CCNC(=O)[C@H](C)N(Cc1ccc(F)cc1)C(=O)c1ccc(CN2CCOCC2)o1. The van der Waals surface area contributed by atoms with Crippen LogP contribution < -0.4 is 5.32 Å². The molecule has 0 spiro atoms. The van der Waals surface area contributed by atoms with Gasteiger partial charge in [0.05, 0.1) is 19.8 Å². The Bertz CT molecular complexity index is 907. The fourth-order valence-corrected chi connectivity index (χ4v) is 3.64. The summed E-state index contributed by atoms with van der Waals surface area (Å²) in [4.78, 5) is 29.9. The second-order valence-corrected chi connectivity index (χ2v) is 8.86. The third-order valence-electron chi connectivity index (χ3n) is 5.75. The zero-order valence-corrected chi connectivity index (χ0v) is 19.7. The molecule has 1 aliphatic rings. The fourth-order valence-electron chi connectivity index (χ4n) is 3.64. The summed E-state index contributed by atoms with van der Waals surface area (Å²) in [6.07, 6.45) is 0.855. The number of hydrogen-bond acceptors (Lipinski definition) is 5. The first-order valence-corrected chi connectivity index (χ1v) is 11.6. The average molecular weight is 460 g/mol. The van der Waals surface area contributed by atoms with Crippen LogP contribution in [-0.4, -0.2) is 60.5 Å². The van der Waals surface area contributed by atoms with Gasteiger partial charge >= 0.3 is 0 Å². The summed E-state index contributed by atoms with van der Waals surface area (Å²) in [5, 5.41) is 2.91. The molecular weight excluding hydrogens is 425 g/mol. The summed E-state index contributed by atoms with van der Waals surface area (Å²) in [6.45, 7) is 10.2. The first kappa shape index (κ1) is 24.9. The molecule has 1 N–H and O–H groups in total. The van der Waals surface area contributed by atoms with Crippen molar-refractivity contribution in [2.45, 2.75) is 46.3 Å². The molecule has 1 aliphatic heterocycles. The normalized spacial score (nSPS) is 15.4. The molecule has 8 heteroatoms. The molecule has 0 radical (unpaired) electrons. The Hall–Kier alpha value is -2.71. The fraction of sp³-hybridized carbons (Fsp3) is 0.520. The monoisotopic (exact) mass is 459 g/mol. The molecule has 0 unspecified atom stereocenters. The molecule has 1 saturated heterocycles. The Labute approximate surface area is 194 Å². The lowest BCUT2D eigenvalue weighted by Crippen LogP contribution is -2.47. The Balaban J connectivity index is 1.73. The van der Waals surface area contributed by atoms with Crippen molar-refractivity contribution in [1.82, 2.24) is 15.1 Å². The first-order chi connectivity index (χ1) is 15.8. The molecule has 1 atom stereocenters. The summed E-state index contributed by atoms with van der Waals surface area (Å²) in [7, 11) is 0. The molecule has 2 amide bonds. The number of carbonyl (C=O) groups excluding carboxylic acids is 2. The lowest BCUT2D eigenvalue weighted by molar-refractivity contribution is -0.125. The number of rotatable bonds is 10. The number of halogens is 1. The zero-order chi connectivity index (χ0) is 23.8. The van der Waals surface area contributed by atoms with Crippen LogP contribution >= 0.6 is 0 Å². The lowest BCUT2D eigenvalue weighted by atomic mass is 10.1. The van der Waals surface area contributed by atoms with Gasteiger partial charge in [0.2, 0.25) is 5.91 Å². The van der Waals surface area contributed by atoms with Gasteiger partial charge in [0.1, 0.15) is 17.6 Å². The van der Waals surface area contributed by atoms with Crippen LogP contribution in [0.4, 0.5) is 4.39 Å². The minimum Gasteiger partial charge on any atom is -0.455 e. The minimum absolute atomic E-state index is 0.164. The van der Waals surface area contributed by atoms with E-state index in [0.717, 1.165) is 25.1 Å². The molecular formula is C25H34FN3O4. The number of furan rings is 1. The summed E-state index contributed by atoms with van der Waals surface area (Å²) in [6, 6.07) is 8.65. The van der Waals surface area contributed by atoms with E-state index in [1.807, 2.05) is 0 Å². The molecule has 0 aliphatic carbocycles. The lowest BCUT2D eigenvalue weighted by Gasteiger charge is -2.28. The van der Waals surface area contributed by atoms with E-state index in [4.69, 9.17) is 9.15 Å². The first-order valence-electron chi connectivity index (χ1n) is 11.6. The van der Waals surface area contributed by atoms with Crippen molar-refractivity contribution in [2.75, 3.05) is 32.8 Å². The van der Waals surface area contributed by atoms with Crippen molar-refractivity contribution >= 4 is 11.8 Å². The Morgan fingerprint density at radius 2 is 1.79 bits per heavy atom. The molecule has 7 nitrogen and oxygen atoms in total. The van der Waals surface area contributed by atoms with Crippen molar-refractivity contribution in [1.29, 1.82) is 0 Å². The van der Waals surface area contributed by atoms with E-state index < -0.39 is 6.04 Å². The third kappa shape index (κ3) is 7.40. The quantitative estimate of drug-likeness (QED) is 0.589. The Morgan fingerprint density at radius 3 is 2.45 bits per heavy atom. The van der Waals surface area contributed by atoms with Crippen molar-refractivity contribution in [3.63, 3.8) is 0 Å². The third-order valence-corrected chi connectivity index (χ3v) is 5.75. The van der Waals surface area contributed by atoms with E-state index in [9.17, 15) is 14.0 Å². The van der Waals surface area contributed by atoms with E-state index >= 15 is 0 Å². The van der Waals surface area contributed by atoms with Crippen molar-refractivity contribution < 1.29 is 23.1 Å². The number of carbonyl (C=O) groups is 2. The average Bonchev–Trinajstić information content (AvgIpc) is 3.26. The highest BCUT2D eigenvalue weighted by atomic mass is 19.1. The summed E-state index contributed by atoms with van der Waals surface area (Å²) in [5.41, 5.74) is 0.728. The van der Waals surface area contributed by atoms with Gasteiger partial charge in [-0.15, -0.1) is 0 Å². The van der Waals surface area contributed by atoms with Crippen LogP contribution in [0.3, 0.4) is 0 Å². The molecule has 180 valence electrons. The van der Waals surface area contributed by atoms with Crippen molar-refractivity contribution in [3.8, 4) is 0 Å².